The molecule has 0 unspecified atom stereocenters. The van der Waals surface area contributed by atoms with E-state index in [1.165, 1.54) is 0 Å². The summed E-state index contributed by atoms with van der Waals surface area (Å²) in [5.74, 6) is 2.05. The highest BCUT2D eigenvalue weighted by Gasteiger charge is 2.08. The molecule has 4 heteroatoms. The lowest BCUT2D eigenvalue weighted by atomic mass is 10.2. The number of carbonyl (C=O) groups is 1. The van der Waals surface area contributed by atoms with E-state index >= 15 is 0 Å². The molecule has 0 spiro atoms. The van der Waals surface area contributed by atoms with Gasteiger partial charge in [-0.15, -0.1) is 6.42 Å². The van der Waals surface area contributed by atoms with Crippen molar-refractivity contribution in [3.05, 3.63) is 33.3 Å². The standard InChI is InChI=1S/C10H7BrClNO/c1-2-5-13-10(14)8-4-3-7(11)6-9(8)12/h1,3-4,6H,5H2,(H,13,14). The lowest BCUT2D eigenvalue weighted by Crippen LogP contribution is -2.23. The van der Waals surface area contributed by atoms with Gasteiger partial charge in [-0.05, 0) is 18.2 Å². The van der Waals surface area contributed by atoms with Gasteiger partial charge in [0.2, 0.25) is 0 Å². The Morgan fingerprint density at radius 3 is 2.93 bits per heavy atom. The number of hydrogen-bond donors (Lipinski definition) is 1. The van der Waals surface area contributed by atoms with Crippen LogP contribution in [-0.2, 0) is 0 Å². The summed E-state index contributed by atoms with van der Waals surface area (Å²) in [5, 5.41) is 2.93. The Balaban J connectivity index is 2.86. The maximum atomic E-state index is 11.4. The Labute approximate surface area is 95.8 Å². The lowest BCUT2D eigenvalue weighted by molar-refractivity contribution is 0.0959. The van der Waals surface area contributed by atoms with Crippen LogP contribution in [0.1, 0.15) is 10.4 Å². The summed E-state index contributed by atoms with van der Waals surface area (Å²) in [5.41, 5.74) is 0.421. The van der Waals surface area contributed by atoms with Gasteiger partial charge in [0.25, 0.3) is 5.91 Å². The molecule has 0 atom stereocenters. The average molecular weight is 273 g/mol. The van der Waals surface area contributed by atoms with E-state index in [1.54, 1.807) is 18.2 Å². The molecule has 1 amide bonds. The number of terminal acetylenes is 1. The summed E-state index contributed by atoms with van der Waals surface area (Å²) in [6.07, 6.45) is 5.01. The topological polar surface area (TPSA) is 29.1 Å². The highest BCUT2D eigenvalue weighted by Crippen LogP contribution is 2.20. The highest BCUT2D eigenvalue weighted by molar-refractivity contribution is 9.10. The molecule has 0 saturated carbocycles. The molecule has 0 bridgehead atoms. The fraction of sp³-hybridized carbons (Fsp3) is 0.100. The lowest BCUT2D eigenvalue weighted by Gasteiger charge is -2.03. The zero-order valence-electron chi connectivity index (χ0n) is 7.18. The summed E-state index contributed by atoms with van der Waals surface area (Å²) in [4.78, 5) is 11.4. The molecule has 1 N–H and O–H groups in total. The van der Waals surface area contributed by atoms with Crippen LogP contribution in [0.4, 0.5) is 0 Å². The summed E-state index contributed by atoms with van der Waals surface area (Å²) < 4.78 is 0.830. The summed E-state index contributed by atoms with van der Waals surface area (Å²) in [6.45, 7) is 0.200. The van der Waals surface area contributed by atoms with Crippen molar-refractivity contribution >= 4 is 33.4 Å². The monoisotopic (exact) mass is 271 g/mol. The van der Waals surface area contributed by atoms with Crippen molar-refractivity contribution < 1.29 is 4.79 Å². The van der Waals surface area contributed by atoms with Gasteiger partial charge in [0.15, 0.2) is 0 Å². The first-order valence-corrected chi connectivity index (χ1v) is 4.99. The molecule has 0 heterocycles. The van der Waals surface area contributed by atoms with Crippen molar-refractivity contribution in [2.45, 2.75) is 0 Å². The van der Waals surface area contributed by atoms with Crippen LogP contribution in [0.2, 0.25) is 5.02 Å². The average Bonchev–Trinajstić information content (AvgIpc) is 2.14. The van der Waals surface area contributed by atoms with Gasteiger partial charge < -0.3 is 5.32 Å². The molecule has 1 aromatic rings. The van der Waals surface area contributed by atoms with Gasteiger partial charge in [0.05, 0.1) is 17.1 Å². The number of benzene rings is 1. The van der Waals surface area contributed by atoms with E-state index < -0.39 is 0 Å². The van der Waals surface area contributed by atoms with Gasteiger partial charge in [-0.1, -0.05) is 33.5 Å². The minimum absolute atomic E-state index is 0.200. The van der Waals surface area contributed by atoms with Crippen molar-refractivity contribution in [3.63, 3.8) is 0 Å². The van der Waals surface area contributed by atoms with Gasteiger partial charge >= 0.3 is 0 Å². The number of hydrogen-bond acceptors (Lipinski definition) is 1. The van der Waals surface area contributed by atoms with Gasteiger partial charge in [-0.25, -0.2) is 0 Å². The van der Waals surface area contributed by atoms with Gasteiger partial charge in [0, 0.05) is 4.47 Å². The van der Waals surface area contributed by atoms with Crippen molar-refractivity contribution in [3.8, 4) is 12.3 Å². The van der Waals surface area contributed by atoms with Crippen molar-refractivity contribution in [2.75, 3.05) is 6.54 Å². The van der Waals surface area contributed by atoms with Crippen LogP contribution in [0, 0.1) is 12.3 Å². The van der Waals surface area contributed by atoms with Crippen LogP contribution >= 0.6 is 27.5 Å². The number of nitrogens with one attached hydrogen (secondary N) is 1. The van der Waals surface area contributed by atoms with Crippen molar-refractivity contribution in [1.82, 2.24) is 5.32 Å². The molecule has 2 nitrogen and oxygen atoms in total. The zero-order valence-corrected chi connectivity index (χ0v) is 9.52. The highest BCUT2D eigenvalue weighted by atomic mass is 79.9. The molecule has 0 aliphatic heterocycles. The molecule has 0 aliphatic carbocycles. The smallest absolute Gasteiger partial charge is 0.253 e. The largest absolute Gasteiger partial charge is 0.341 e. The first kappa shape index (κ1) is 11.1. The van der Waals surface area contributed by atoms with Crippen LogP contribution in [0.3, 0.4) is 0 Å². The van der Waals surface area contributed by atoms with Crippen LogP contribution in [0.5, 0.6) is 0 Å². The van der Waals surface area contributed by atoms with E-state index in [-0.39, 0.29) is 12.5 Å². The number of carbonyl (C=O) groups excluding carboxylic acids is 1. The van der Waals surface area contributed by atoms with E-state index in [1.807, 2.05) is 0 Å². The van der Waals surface area contributed by atoms with Crippen LogP contribution in [0.25, 0.3) is 0 Å². The number of amides is 1. The predicted octanol–water partition coefficient (Wildman–Crippen LogP) is 2.47. The maximum absolute atomic E-state index is 11.4. The molecule has 0 saturated heterocycles. The number of halogens is 2. The third kappa shape index (κ3) is 2.76. The van der Waals surface area contributed by atoms with E-state index in [0.717, 1.165) is 4.47 Å². The Morgan fingerprint density at radius 1 is 1.64 bits per heavy atom. The van der Waals surface area contributed by atoms with E-state index in [9.17, 15) is 4.79 Å². The quantitative estimate of drug-likeness (QED) is 0.823. The first-order chi connectivity index (χ1) is 6.65. The Morgan fingerprint density at radius 2 is 2.36 bits per heavy atom. The SMILES string of the molecule is C#CCNC(=O)c1ccc(Br)cc1Cl. The van der Waals surface area contributed by atoms with Crippen molar-refractivity contribution in [1.29, 1.82) is 0 Å². The molecule has 0 aliphatic rings. The molecule has 0 radical (unpaired) electrons. The summed E-state index contributed by atoms with van der Waals surface area (Å²) in [6, 6.07) is 5.04. The minimum Gasteiger partial charge on any atom is -0.341 e. The predicted molar refractivity (Wildman–Crippen MR) is 60.3 cm³/mol. The number of rotatable bonds is 2. The second-order valence-electron chi connectivity index (χ2n) is 2.51. The Hall–Kier alpha value is -0.980. The molecule has 1 rings (SSSR count). The third-order valence-corrected chi connectivity index (χ3v) is 2.33. The normalized spacial score (nSPS) is 9.21. The Bertz CT molecular complexity index is 398. The molecular weight excluding hydrogens is 265 g/mol. The second kappa shape index (κ2) is 5.04. The second-order valence-corrected chi connectivity index (χ2v) is 3.83. The molecule has 0 fully saturated rings. The summed E-state index contributed by atoms with van der Waals surface area (Å²) in [7, 11) is 0. The molecule has 72 valence electrons. The van der Waals surface area contributed by atoms with Crippen molar-refractivity contribution in [2.24, 2.45) is 0 Å². The first-order valence-electron chi connectivity index (χ1n) is 3.82. The Kier molecular flexibility index (Phi) is 3.99. The zero-order chi connectivity index (χ0) is 10.6. The molecule has 0 aromatic heterocycles. The summed E-state index contributed by atoms with van der Waals surface area (Å²) >= 11 is 9.11. The minimum atomic E-state index is -0.263. The van der Waals surface area contributed by atoms with E-state index in [2.05, 4.69) is 27.2 Å². The van der Waals surface area contributed by atoms with Crippen LogP contribution < -0.4 is 5.32 Å². The van der Waals surface area contributed by atoms with Gasteiger partial charge in [-0.2, -0.15) is 0 Å². The molecule has 14 heavy (non-hydrogen) atoms. The maximum Gasteiger partial charge on any atom is 0.253 e. The van der Waals surface area contributed by atoms with E-state index in [4.69, 9.17) is 18.0 Å². The molecular formula is C10H7BrClNO. The van der Waals surface area contributed by atoms with Gasteiger partial charge in [0.1, 0.15) is 0 Å². The fourth-order valence-electron chi connectivity index (χ4n) is 0.900. The molecule has 1 aromatic carbocycles. The van der Waals surface area contributed by atoms with Crippen LogP contribution in [0.15, 0.2) is 22.7 Å². The third-order valence-electron chi connectivity index (χ3n) is 1.53. The van der Waals surface area contributed by atoms with E-state index in [0.29, 0.717) is 10.6 Å². The van der Waals surface area contributed by atoms with Gasteiger partial charge in [-0.3, -0.25) is 4.79 Å². The van der Waals surface area contributed by atoms with Crippen LogP contribution in [-0.4, -0.2) is 12.5 Å². The fourth-order valence-corrected chi connectivity index (χ4v) is 1.66.